The molecule has 1 aromatic carbocycles. The summed E-state index contributed by atoms with van der Waals surface area (Å²) < 4.78 is 12.9. The molecule has 4 heterocycles. The van der Waals surface area contributed by atoms with Crippen molar-refractivity contribution in [3.05, 3.63) is 23.3 Å². The van der Waals surface area contributed by atoms with E-state index in [-0.39, 0.29) is 58.2 Å². The predicted octanol–water partition coefficient (Wildman–Crippen LogP) is 7.25. The molecule has 2 aliphatic heterocycles. The second-order valence-corrected chi connectivity index (χ2v) is 16.8. The number of thiazole rings is 2. The van der Waals surface area contributed by atoms with E-state index in [2.05, 4.69) is 32.1 Å². The van der Waals surface area contributed by atoms with Gasteiger partial charge in [-0.3, -0.25) is 19.2 Å². The first-order chi connectivity index (χ1) is 22.9. The SMILES string of the molecule is CC1(C)Oc2nc(N=C3C(=O)C4CCCCC4C3=O)sc2-c2cc3c(cc21)-c1sc(N=C2C(=O)C4CCCCC4C2=O)nc1OC3(C)C. The molecule has 246 valence electrons. The van der Waals surface area contributed by atoms with E-state index in [1.807, 2.05) is 27.7 Å². The molecule has 0 spiro atoms. The van der Waals surface area contributed by atoms with E-state index < -0.39 is 11.2 Å². The van der Waals surface area contributed by atoms with Crippen LogP contribution in [0.2, 0.25) is 0 Å². The molecular formula is C36H34N4O6S2. The van der Waals surface area contributed by atoms with Crippen LogP contribution in [0.4, 0.5) is 10.3 Å². The van der Waals surface area contributed by atoms with Crippen molar-refractivity contribution in [3.8, 4) is 32.6 Å². The van der Waals surface area contributed by atoms with Crippen LogP contribution in [0.5, 0.6) is 11.8 Å². The molecule has 48 heavy (non-hydrogen) atoms. The van der Waals surface area contributed by atoms with Gasteiger partial charge in [0.15, 0.2) is 34.6 Å². The highest BCUT2D eigenvalue weighted by molar-refractivity contribution is 7.19. The fraction of sp³-hybridized carbons (Fsp3) is 0.500. The number of ketones is 4. The Labute approximate surface area is 285 Å². The van der Waals surface area contributed by atoms with Crippen molar-refractivity contribution in [2.75, 3.05) is 0 Å². The third-order valence-corrected chi connectivity index (χ3v) is 13.0. The smallest absolute Gasteiger partial charge is 0.235 e. The van der Waals surface area contributed by atoms with Crippen LogP contribution < -0.4 is 9.47 Å². The summed E-state index contributed by atoms with van der Waals surface area (Å²) in [6.07, 6.45) is 6.80. The molecule has 3 aromatic rings. The Morgan fingerprint density at radius 1 is 0.604 bits per heavy atom. The Bertz CT molecular complexity index is 1870. The van der Waals surface area contributed by atoms with Crippen molar-refractivity contribution in [3.63, 3.8) is 0 Å². The fourth-order valence-electron chi connectivity index (χ4n) is 8.60. The number of aromatic nitrogens is 2. The van der Waals surface area contributed by atoms with E-state index in [1.54, 1.807) is 0 Å². The molecule has 4 atom stereocenters. The van der Waals surface area contributed by atoms with Gasteiger partial charge in [0.2, 0.25) is 22.0 Å². The summed E-state index contributed by atoms with van der Waals surface area (Å²) in [5.74, 6) is -0.793. The van der Waals surface area contributed by atoms with Crippen LogP contribution in [0.1, 0.15) is 90.2 Å². The molecule has 2 aromatic heterocycles. The number of rotatable bonds is 2. The first-order valence-corrected chi connectivity index (χ1v) is 18.5. The maximum absolute atomic E-state index is 13.2. The van der Waals surface area contributed by atoms with Gasteiger partial charge in [-0.1, -0.05) is 48.4 Å². The van der Waals surface area contributed by atoms with Crippen LogP contribution in [0.15, 0.2) is 22.1 Å². The molecule has 0 amide bonds. The molecule has 10 nitrogen and oxygen atoms in total. The third-order valence-electron chi connectivity index (χ3n) is 11.0. The fourth-order valence-corrected chi connectivity index (χ4v) is 10.4. The van der Waals surface area contributed by atoms with Gasteiger partial charge in [-0.2, -0.15) is 9.97 Å². The van der Waals surface area contributed by atoms with Gasteiger partial charge in [-0.05, 0) is 65.5 Å². The van der Waals surface area contributed by atoms with Crippen LogP contribution in [0.25, 0.3) is 20.9 Å². The summed E-state index contributed by atoms with van der Waals surface area (Å²) in [6.45, 7) is 7.92. The standard InChI is InChI=1S/C36H34N4O6S2/c1-35(2)21-13-20-22(14-19(21)29-31(45-35)39-33(47-29)37-23-25(41)15-9-5-6-10-16(15)26(23)42)36(3,4)46-32-30(20)48-34(40-32)38-24-27(43)17-11-7-8-12-18(17)28(24)44/h13-18H,5-12H2,1-4H3. The topological polar surface area (TPSA) is 137 Å². The number of carbonyl (C=O) groups is 4. The summed E-state index contributed by atoms with van der Waals surface area (Å²) in [4.78, 5) is 72.6. The maximum atomic E-state index is 13.2. The number of fused-ring (bicyclic) bond motifs is 8. The number of ether oxygens (including phenoxy) is 2. The van der Waals surface area contributed by atoms with Gasteiger partial charge in [0.25, 0.3) is 0 Å². The van der Waals surface area contributed by atoms with E-state index in [4.69, 9.17) is 9.47 Å². The minimum atomic E-state index is -0.765. The van der Waals surface area contributed by atoms with E-state index >= 15 is 0 Å². The molecule has 4 saturated carbocycles. The first kappa shape index (κ1) is 30.2. The highest BCUT2D eigenvalue weighted by Gasteiger charge is 2.49. The highest BCUT2D eigenvalue weighted by Crippen LogP contribution is 2.56. The second kappa shape index (κ2) is 10.3. The van der Waals surface area contributed by atoms with E-state index in [0.29, 0.717) is 22.0 Å². The van der Waals surface area contributed by atoms with Crippen molar-refractivity contribution < 1.29 is 28.7 Å². The average Bonchev–Trinajstić information content (AvgIpc) is 3.77. The van der Waals surface area contributed by atoms with Crippen molar-refractivity contribution in [2.24, 2.45) is 33.7 Å². The van der Waals surface area contributed by atoms with Crippen molar-refractivity contribution in [1.82, 2.24) is 9.97 Å². The lowest BCUT2D eigenvalue weighted by Gasteiger charge is -2.37. The Hall–Kier alpha value is -3.90. The van der Waals surface area contributed by atoms with E-state index in [9.17, 15) is 19.2 Å². The first-order valence-electron chi connectivity index (χ1n) is 16.8. The molecule has 9 rings (SSSR count). The minimum absolute atomic E-state index is 0.0225. The third kappa shape index (κ3) is 4.33. The van der Waals surface area contributed by atoms with Gasteiger partial charge < -0.3 is 9.47 Å². The van der Waals surface area contributed by atoms with Crippen LogP contribution in [-0.4, -0.2) is 44.5 Å². The summed E-state index contributed by atoms with van der Waals surface area (Å²) in [5, 5.41) is 0.660. The molecule has 4 aliphatic carbocycles. The Morgan fingerprint density at radius 2 is 0.938 bits per heavy atom. The Balaban J connectivity index is 1.11. The lowest BCUT2D eigenvalue weighted by atomic mass is 9.81. The van der Waals surface area contributed by atoms with Gasteiger partial charge in [-0.15, -0.1) is 0 Å². The molecule has 0 bridgehead atoms. The molecular weight excluding hydrogens is 649 g/mol. The molecule has 6 aliphatic rings. The quantitative estimate of drug-likeness (QED) is 0.276. The average molecular weight is 683 g/mol. The molecule has 12 heteroatoms. The zero-order valence-corrected chi connectivity index (χ0v) is 28.8. The number of benzene rings is 1. The van der Waals surface area contributed by atoms with Crippen molar-refractivity contribution in [2.45, 2.75) is 90.3 Å². The number of carbonyl (C=O) groups excluding carboxylic acids is 4. The van der Waals surface area contributed by atoms with Gasteiger partial charge in [0, 0.05) is 45.9 Å². The second-order valence-electron chi connectivity index (χ2n) is 14.8. The number of nitrogens with zero attached hydrogens (tertiary/aromatic N) is 4. The van der Waals surface area contributed by atoms with Crippen LogP contribution in [0.3, 0.4) is 0 Å². The maximum Gasteiger partial charge on any atom is 0.235 e. The summed E-state index contributed by atoms with van der Waals surface area (Å²) in [6, 6.07) is 4.21. The summed E-state index contributed by atoms with van der Waals surface area (Å²) >= 11 is 2.62. The predicted molar refractivity (Wildman–Crippen MR) is 181 cm³/mol. The van der Waals surface area contributed by atoms with Crippen LogP contribution in [-0.2, 0) is 30.4 Å². The number of Topliss-reactive ketones (excluding diaryl/α,β-unsaturated/α-hetero) is 4. The van der Waals surface area contributed by atoms with Crippen molar-refractivity contribution in [1.29, 1.82) is 0 Å². The summed E-state index contributed by atoms with van der Waals surface area (Å²) in [7, 11) is 0. The van der Waals surface area contributed by atoms with Gasteiger partial charge in [-0.25, -0.2) is 9.98 Å². The zero-order valence-electron chi connectivity index (χ0n) is 27.2. The lowest BCUT2D eigenvalue weighted by Crippen LogP contribution is -2.32. The monoisotopic (exact) mass is 682 g/mol. The van der Waals surface area contributed by atoms with Crippen LogP contribution in [0, 0.1) is 23.7 Å². The van der Waals surface area contributed by atoms with Gasteiger partial charge >= 0.3 is 0 Å². The molecule has 4 fully saturated rings. The number of aliphatic imine (C=N–C) groups is 2. The molecule has 4 unspecified atom stereocenters. The van der Waals surface area contributed by atoms with Crippen molar-refractivity contribution >= 4 is 67.5 Å². The number of hydrogen-bond acceptors (Lipinski definition) is 12. The zero-order chi connectivity index (χ0) is 33.3. The van der Waals surface area contributed by atoms with Gasteiger partial charge in [0.05, 0.1) is 0 Å². The molecule has 0 saturated heterocycles. The largest absolute Gasteiger partial charge is 0.466 e. The van der Waals surface area contributed by atoms with Crippen LogP contribution >= 0.6 is 22.7 Å². The lowest BCUT2D eigenvalue weighted by molar-refractivity contribution is -0.120. The minimum Gasteiger partial charge on any atom is -0.466 e. The van der Waals surface area contributed by atoms with E-state index in [1.165, 1.54) is 22.7 Å². The molecule has 0 radical (unpaired) electrons. The normalized spacial score (nSPS) is 27.7. The Kier molecular flexibility index (Phi) is 6.48. The Morgan fingerprint density at radius 3 is 1.27 bits per heavy atom. The molecule has 0 N–H and O–H groups in total. The summed E-state index contributed by atoms with van der Waals surface area (Å²) in [5.41, 5.74) is 2.24. The number of hydrogen-bond donors (Lipinski definition) is 0. The van der Waals surface area contributed by atoms with Gasteiger partial charge in [0.1, 0.15) is 21.0 Å². The highest BCUT2D eigenvalue weighted by atomic mass is 32.1. The van der Waals surface area contributed by atoms with E-state index in [0.717, 1.165) is 83.4 Å².